The normalized spacial score (nSPS) is 21.6. The van der Waals surface area contributed by atoms with E-state index in [0.29, 0.717) is 23.0 Å². The molecule has 2 fully saturated rings. The first-order valence-corrected chi connectivity index (χ1v) is 11.5. The zero-order valence-corrected chi connectivity index (χ0v) is 18.4. The number of aryl methyl sites for hydroxylation is 1. The molecule has 0 N–H and O–H groups in total. The van der Waals surface area contributed by atoms with E-state index in [1.54, 1.807) is 18.5 Å². The van der Waals surface area contributed by atoms with Gasteiger partial charge >= 0.3 is 0 Å². The first kappa shape index (κ1) is 19.9. The van der Waals surface area contributed by atoms with Gasteiger partial charge in [0.25, 0.3) is 5.91 Å². The molecule has 5 heterocycles. The molecule has 0 saturated carbocycles. The van der Waals surface area contributed by atoms with E-state index < -0.39 is 0 Å². The van der Waals surface area contributed by atoms with Crippen LogP contribution in [0.5, 0.6) is 0 Å². The van der Waals surface area contributed by atoms with Gasteiger partial charge in [0.15, 0.2) is 5.82 Å². The topological polar surface area (TPSA) is 84.8 Å². The smallest absolute Gasteiger partial charge is 0.273 e. The van der Waals surface area contributed by atoms with Crippen LogP contribution in [-0.4, -0.2) is 47.8 Å². The second-order valence-electron chi connectivity index (χ2n) is 8.98. The number of carbonyl (C=O) groups is 1. The van der Waals surface area contributed by atoms with Crippen molar-refractivity contribution in [1.29, 1.82) is 0 Å². The second kappa shape index (κ2) is 7.99. The number of aromatic nitrogens is 5. The van der Waals surface area contributed by atoms with Crippen molar-refractivity contribution >= 4 is 16.9 Å². The first-order valence-electron chi connectivity index (χ1n) is 11.5. The third-order valence-electron chi connectivity index (χ3n) is 6.91. The molecular formula is C26H24N6O. The quantitative estimate of drug-likeness (QED) is 0.480. The molecular weight excluding hydrogens is 412 g/mol. The van der Waals surface area contributed by atoms with Crippen LogP contribution in [0.15, 0.2) is 61.1 Å². The predicted octanol–water partition coefficient (Wildman–Crippen LogP) is 4.03. The molecule has 164 valence electrons. The van der Waals surface area contributed by atoms with Gasteiger partial charge in [-0.15, -0.1) is 0 Å². The van der Waals surface area contributed by atoms with Crippen LogP contribution >= 0.6 is 0 Å². The first-order chi connectivity index (χ1) is 16.2. The standard InChI is InChI=1S/C26H24N6O/c1-16-7-9-20(25-27-11-4-12-28-25)24(30-16)26(33)32-19-8-10-23(32)17(14-19)13-18-15-29-21-5-2-3-6-22(21)31-18/h2-7,9,11-12,15,17,19,23H,8,10,13-14H2,1H3. The Labute approximate surface area is 192 Å². The molecule has 3 aromatic heterocycles. The molecule has 2 saturated heterocycles. The van der Waals surface area contributed by atoms with Crippen LogP contribution in [0, 0.1) is 12.8 Å². The van der Waals surface area contributed by atoms with E-state index in [1.807, 2.05) is 49.5 Å². The summed E-state index contributed by atoms with van der Waals surface area (Å²) >= 11 is 0. The lowest BCUT2D eigenvalue weighted by molar-refractivity contribution is 0.0713. The number of carbonyl (C=O) groups excluding carboxylic acids is 1. The Kier molecular flexibility index (Phi) is 4.82. The maximum Gasteiger partial charge on any atom is 0.273 e. The van der Waals surface area contributed by atoms with Crippen molar-refractivity contribution < 1.29 is 4.79 Å². The van der Waals surface area contributed by atoms with E-state index in [9.17, 15) is 4.79 Å². The lowest BCUT2D eigenvalue weighted by atomic mass is 9.86. The second-order valence-corrected chi connectivity index (χ2v) is 8.98. The van der Waals surface area contributed by atoms with Gasteiger partial charge in [-0.1, -0.05) is 12.1 Å². The number of hydrogen-bond donors (Lipinski definition) is 0. The number of rotatable bonds is 4. The summed E-state index contributed by atoms with van der Waals surface area (Å²) in [5, 5.41) is 0. The van der Waals surface area contributed by atoms with Crippen molar-refractivity contribution in [2.24, 2.45) is 5.92 Å². The molecule has 33 heavy (non-hydrogen) atoms. The molecule has 2 aliphatic heterocycles. The van der Waals surface area contributed by atoms with E-state index in [-0.39, 0.29) is 18.0 Å². The molecule has 3 atom stereocenters. The zero-order valence-electron chi connectivity index (χ0n) is 18.4. The molecule has 1 amide bonds. The Balaban J connectivity index is 1.29. The third-order valence-corrected chi connectivity index (χ3v) is 6.91. The Morgan fingerprint density at radius 3 is 2.64 bits per heavy atom. The Morgan fingerprint density at radius 1 is 0.970 bits per heavy atom. The average molecular weight is 437 g/mol. The summed E-state index contributed by atoms with van der Waals surface area (Å²) < 4.78 is 0. The van der Waals surface area contributed by atoms with Crippen LogP contribution in [0.4, 0.5) is 0 Å². The minimum atomic E-state index is -0.0132. The lowest BCUT2D eigenvalue weighted by Crippen LogP contribution is -2.37. The summed E-state index contributed by atoms with van der Waals surface area (Å²) in [5.74, 6) is 0.896. The number of amides is 1. The van der Waals surface area contributed by atoms with Gasteiger partial charge in [-0.2, -0.15) is 0 Å². The Morgan fingerprint density at radius 2 is 1.79 bits per heavy atom. The van der Waals surface area contributed by atoms with Crippen LogP contribution in [0.25, 0.3) is 22.4 Å². The van der Waals surface area contributed by atoms with E-state index in [2.05, 4.69) is 24.8 Å². The summed E-state index contributed by atoms with van der Waals surface area (Å²) in [5.41, 5.74) is 4.77. The number of pyridine rings is 1. The molecule has 0 radical (unpaired) electrons. The maximum absolute atomic E-state index is 13.8. The maximum atomic E-state index is 13.8. The van der Waals surface area contributed by atoms with Gasteiger partial charge in [0, 0.05) is 36.4 Å². The predicted molar refractivity (Wildman–Crippen MR) is 124 cm³/mol. The fourth-order valence-electron chi connectivity index (χ4n) is 5.47. The molecule has 2 aliphatic rings. The number of nitrogens with zero attached hydrogens (tertiary/aromatic N) is 6. The van der Waals surface area contributed by atoms with Crippen LogP contribution in [0.3, 0.4) is 0 Å². The minimum absolute atomic E-state index is 0.0132. The third kappa shape index (κ3) is 3.53. The molecule has 0 aliphatic carbocycles. The van der Waals surface area contributed by atoms with Crippen LogP contribution in [-0.2, 0) is 6.42 Å². The van der Waals surface area contributed by atoms with E-state index >= 15 is 0 Å². The summed E-state index contributed by atoms with van der Waals surface area (Å²) in [6.07, 6.45) is 9.15. The molecule has 4 aromatic rings. The van der Waals surface area contributed by atoms with Crippen molar-refractivity contribution in [3.8, 4) is 11.4 Å². The average Bonchev–Trinajstić information content (AvgIpc) is 3.42. The Bertz CT molecular complexity index is 1340. The van der Waals surface area contributed by atoms with Crippen LogP contribution < -0.4 is 0 Å². The van der Waals surface area contributed by atoms with Crippen molar-refractivity contribution in [2.75, 3.05) is 0 Å². The van der Waals surface area contributed by atoms with E-state index in [1.165, 1.54) is 0 Å². The van der Waals surface area contributed by atoms with E-state index in [4.69, 9.17) is 4.98 Å². The molecule has 3 unspecified atom stereocenters. The van der Waals surface area contributed by atoms with Gasteiger partial charge in [-0.05, 0) is 68.9 Å². The van der Waals surface area contributed by atoms with Gasteiger partial charge in [0.1, 0.15) is 5.69 Å². The largest absolute Gasteiger partial charge is 0.331 e. The molecule has 0 spiro atoms. The molecule has 2 bridgehead atoms. The summed E-state index contributed by atoms with van der Waals surface area (Å²) in [6.45, 7) is 1.91. The van der Waals surface area contributed by atoms with Gasteiger partial charge in [0.2, 0.25) is 0 Å². The number of para-hydroxylation sites is 2. The van der Waals surface area contributed by atoms with Gasteiger partial charge < -0.3 is 4.90 Å². The fraction of sp³-hybridized carbons (Fsp3) is 0.308. The van der Waals surface area contributed by atoms with E-state index in [0.717, 1.165) is 48.1 Å². The summed E-state index contributed by atoms with van der Waals surface area (Å²) in [6, 6.07) is 14.0. The Hall–Kier alpha value is -3.74. The van der Waals surface area contributed by atoms with Crippen LogP contribution in [0.1, 0.15) is 41.1 Å². The fourth-order valence-corrected chi connectivity index (χ4v) is 5.47. The highest BCUT2D eigenvalue weighted by Crippen LogP contribution is 2.44. The molecule has 1 aromatic carbocycles. The molecule has 7 heteroatoms. The van der Waals surface area contributed by atoms with Crippen molar-refractivity contribution in [1.82, 2.24) is 29.8 Å². The van der Waals surface area contributed by atoms with Crippen molar-refractivity contribution in [3.05, 3.63) is 78.1 Å². The minimum Gasteiger partial charge on any atom is -0.331 e. The number of hydrogen-bond acceptors (Lipinski definition) is 6. The summed E-state index contributed by atoms with van der Waals surface area (Å²) in [7, 11) is 0. The van der Waals surface area contributed by atoms with Crippen molar-refractivity contribution in [3.63, 3.8) is 0 Å². The lowest BCUT2D eigenvalue weighted by Gasteiger charge is -2.25. The number of benzene rings is 1. The highest BCUT2D eigenvalue weighted by atomic mass is 16.2. The monoisotopic (exact) mass is 436 g/mol. The van der Waals surface area contributed by atoms with Crippen LogP contribution in [0.2, 0.25) is 0 Å². The van der Waals surface area contributed by atoms with Gasteiger partial charge in [0.05, 0.1) is 22.3 Å². The molecule has 7 nitrogen and oxygen atoms in total. The zero-order chi connectivity index (χ0) is 22.4. The number of fused-ring (bicyclic) bond motifs is 3. The SMILES string of the molecule is Cc1ccc(-c2ncccn2)c(C(=O)N2C3CCC2C(Cc2cnc4ccccc4n2)C3)n1. The van der Waals surface area contributed by atoms with Gasteiger partial charge in [-0.25, -0.2) is 19.9 Å². The summed E-state index contributed by atoms with van der Waals surface area (Å²) in [4.78, 5) is 38.6. The van der Waals surface area contributed by atoms with Crippen molar-refractivity contribution in [2.45, 2.75) is 44.7 Å². The molecule has 6 rings (SSSR count). The highest BCUT2D eigenvalue weighted by molar-refractivity contribution is 5.99. The van der Waals surface area contributed by atoms with Gasteiger partial charge in [-0.3, -0.25) is 9.78 Å². The highest BCUT2D eigenvalue weighted by Gasteiger charge is 2.49.